The largest absolute Gasteiger partial charge is 0.505 e. The molecule has 0 aliphatic heterocycles. The lowest BCUT2D eigenvalue weighted by Gasteiger charge is -2.21. The van der Waals surface area contributed by atoms with Crippen LogP contribution in [0.4, 0.5) is 13.2 Å². The fourth-order valence-corrected chi connectivity index (χ4v) is 1.28. The lowest BCUT2D eigenvalue weighted by molar-refractivity contribution is -0.174. The van der Waals surface area contributed by atoms with Gasteiger partial charge in [-0.3, -0.25) is 0 Å². The number of halogens is 4. The van der Waals surface area contributed by atoms with Crippen LogP contribution in [0.5, 0.6) is 5.75 Å². The molecule has 1 rings (SSSR count). The van der Waals surface area contributed by atoms with E-state index in [4.69, 9.17) is 10.8 Å². The molecule has 0 saturated heterocycles. The SMILES string of the molecule is CCOC(=O)C(F)(F)[C@H](N)c1ccc(O)c(F)c1.Cl. The maximum atomic E-state index is 13.5. The summed E-state index contributed by atoms with van der Waals surface area (Å²) in [4.78, 5) is 11.0. The van der Waals surface area contributed by atoms with Crippen molar-refractivity contribution in [2.24, 2.45) is 5.73 Å². The number of phenolic OH excluding ortho intramolecular Hbond substituents is 1. The molecule has 0 aliphatic carbocycles. The maximum Gasteiger partial charge on any atom is 0.379 e. The highest BCUT2D eigenvalue weighted by atomic mass is 35.5. The third-order valence-electron chi connectivity index (χ3n) is 2.27. The third kappa shape index (κ3) is 3.74. The Hall–Kier alpha value is -1.47. The smallest absolute Gasteiger partial charge is 0.379 e. The van der Waals surface area contributed by atoms with Crippen molar-refractivity contribution in [1.29, 1.82) is 0 Å². The second-order valence-electron chi connectivity index (χ2n) is 3.53. The van der Waals surface area contributed by atoms with Crippen LogP contribution in [0.2, 0.25) is 0 Å². The van der Waals surface area contributed by atoms with Crippen molar-refractivity contribution in [2.45, 2.75) is 18.9 Å². The summed E-state index contributed by atoms with van der Waals surface area (Å²) in [7, 11) is 0. The zero-order valence-corrected chi connectivity index (χ0v) is 10.7. The number of nitrogens with two attached hydrogens (primary N) is 1. The Morgan fingerprint density at radius 1 is 1.53 bits per heavy atom. The zero-order valence-electron chi connectivity index (χ0n) is 9.90. The summed E-state index contributed by atoms with van der Waals surface area (Å²) in [6.45, 7) is 1.16. The molecule has 1 atom stereocenters. The summed E-state index contributed by atoms with van der Waals surface area (Å²) in [5.74, 6) is -7.53. The van der Waals surface area contributed by atoms with Gasteiger partial charge in [-0.05, 0) is 24.6 Å². The number of benzene rings is 1. The molecule has 0 amide bonds. The lowest BCUT2D eigenvalue weighted by Crippen LogP contribution is -2.41. The molecule has 1 aromatic carbocycles. The van der Waals surface area contributed by atoms with Crippen LogP contribution in [0, 0.1) is 5.82 Å². The van der Waals surface area contributed by atoms with Gasteiger partial charge in [0.1, 0.15) is 6.04 Å². The summed E-state index contributed by atoms with van der Waals surface area (Å²) < 4.78 is 44.3. The standard InChI is InChI=1S/C11H12F3NO3.ClH/c1-2-18-10(17)11(13,14)9(15)6-3-4-8(16)7(12)5-6;/h3-5,9,16H,2,15H2,1H3;1H/t9-;/m1./s1. The van der Waals surface area contributed by atoms with Crippen LogP contribution in [0.15, 0.2) is 18.2 Å². The minimum Gasteiger partial charge on any atom is -0.505 e. The normalized spacial score (nSPS) is 12.5. The number of hydrogen-bond donors (Lipinski definition) is 2. The summed E-state index contributed by atoms with van der Waals surface area (Å²) in [5.41, 5.74) is 4.91. The van der Waals surface area contributed by atoms with Gasteiger partial charge in [0.15, 0.2) is 11.6 Å². The number of esters is 1. The van der Waals surface area contributed by atoms with E-state index in [2.05, 4.69) is 4.74 Å². The Bertz CT molecular complexity index is 457. The van der Waals surface area contributed by atoms with E-state index in [1.54, 1.807) is 0 Å². The molecule has 3 N–H and O–H groups in total. The molecule has 0 saturated carbocycles. The summed E-state index contributed by atoms with van der Waals surface area (Å²) in [6.07, 6.45) is 0. The number of aromatic hydroxyl groups is 1. The Morgan fingerprint density at radius 3 is 2.58 bits per heavy atom. The molecule has 0 spiro atoms. The van der Waals surface area contributed by atoms with Crippen LogP contribution >= 0.6 is 12.4 Å². The Morgan fingerprint density at radius 2 is 2.11 bits per heavy atom. The highest BCUT2D eigenvalue weighted by Gasteiger charge is 2.47. The lowest BCUT2D eigenvalue weighted by atomic mass is 10.0. The van der Waals surface area contributed by atoms with Crippen LogP contribution in [0.1, 0.15) is 18.5 Å². The first-order valence-corrected chi connectivity index (χ1v) is 5.09. The molecule has 0 bridgehead atoms. The first-order valence-electron chi connectivity index (χ1n) is 5.09. The molecule has 0 unspecified atom stereocenters. The average Bonchev–Trinajstić information content (AvgIpc) is 2.32. The van der Waals surface area contributed by atoms with Gasteiger partial charge in [0, 0.05) is 0 Å². The topological polar surface area (TPSA) is 72.5 Å². The molecular weight excluding hydrogens is 287 g/mol. The van der Waals surface area contributed by atoms with E-state index in [0.717, 1.165) is 12.1 Å². The summed E-state index contributed by atoms with van der Waals surface area (Å²) >= 11 is 0. The van der Waals surface area contributed by atoms with Gasteiger partial charge in [0.2, 0.25) is 0 Å². The minimum atomic E-state index is -3.97. The van der Waals surface area contributed by atoms with Gasteiger partial charge >= 0.3 is 11.9 Å². The Kier molecular flexibility index (Phi) is 6.11. The zero-order chi connectivity index (χ0) is 13.9. The van der Waals surface area contributed by atoms with Crippen molar-refractivity contribution in [1.82, 2.24) is 0 Å². The van der Waals surface area contributed by atoms with Gasteiger partial charge in [0.25, 0.3) is 0 Å². The Labute approximate surface area is 113 Å². The third-order valence-corrected chi connectivity index (χ3v) is 2.27. The summed E-state index contributed by atoms with van der Waals surface area (Å²) in [5, 5.41) is 8.93. The fraction of sp³-hybridized carbons (Fsp3) is 0.364. The van der Waals surface area contributed by atoms with Crippen molar-refractivity contribution in [3.8, 4) is 5.75 Å². The second kappa shape index (κ2) is 6.63. The van der Waals surface area contributed by atoms with Crippen molar-refractivity contribution in [2.75, 3.05) is 6.61 Å². The first kappa shape index (κ1) is 17.5. The van der Waals surface area contributed by atoms with Crippen molar-refractivity contribution in [3.63, 3.8) is 0 Å². The minimum absolute atomic E-state index is 0. The maximum absolute atomic E-state index is 13.5. The molecule has 0 fully saturated rings. The van der Waals surface area contributed by atoms with Crippen molar-refractivity contribution in [3.05, 3.63) is 29.6 Å². The van der Waals surface area contributed by atoms with Crippen molar-refractivity contribution >= 4 is 18.4 Å². The molecule has 0 aliphatic rings. The van der Waals surface area contributed by atoms with Gasteiger partial charge in [-0.15, -0.1) is 12.4 Å². The van der Waals surface area contributed by atoms with Gasteiger partial charge < -0.3 is 15.6 Å². The monoisotopic (exact) mass is 299 g/mol. The molecule has 19 heavy (non-hydrogen) atoms. The van der Waals surface area contributed by atoms with E-state index in [0.29, 0.717) is 6.07 Å². The number of rotatable bonds is 4. The molecule has 8 heteroatoms. The Balaban J connectivity index is 0.00000324. The number of phenols is 1. The number of alkyl halides is 2. The van der Waals surface area contributed by atoms with Crippen LogP contribution in [0.25, 0.3) is 0 Å². The van der Waals surface area contributed by atoms with Crippen molar-refractivity contribution < 1.29 is 27.8 Å². The van der Waals surface area contributed by atoms with E-state index in [-0.39, 0.29) is 24.6 Å². The van der Waals surface area contributed by atoms with E-state index in [9.17, 15) is 18.0 Å². The molecule has 4 nitrogen and oxygen atoms in total. The van der Waals surface area contributed by atoms with Gasteiger partial charge in [-0.1, -0.05) is 6.07 Å². The van der Waals surface area contributed by atoms with E-state index >= 15 is 0 Å². The fourth-order valence-electron chi connectivity index (χ4n) is 1.28. The highest BCUT2D eigenvalue weighted by Crippen LogP contribution is 2.32. The highest BCUT2D eigenvalue weighted by molar-refractivity contribution is 5.85. The number of carbonyl (C=O) groups excluding carboxylic acids is 1. The van der Waals surface area contributed by atoms with Gasteiger partial charge in [0.05, 0.1) is 6.61 Å². The van der Waals surface area contributed by atoms with E-state index in [1.165, 1.54) is 6.92 Å². The number of hydrogen-bond acceptors (Lipinski definition) is 4. The second-order valence-corrected chi connectivity index (χ2v) is 3.53. The number of carbonyl (C=O) groups is 1. The van der Waals surface area contributed by atoms with Crippen LogP contribution < -0.4 is 5.73 Å². The molecule has 0 heterocycles. The summed E-state index contributed by atoms with van der Waals surface area (Å²) in [6, 6.07) is 0.487. The first-order chi connectivity index (χ1) is 8.30. The number of ether oxygens (including phenoxy) is 1. The average molecular weight is 300 g/mol. The van der Waals surface area contributed by atoms with Crippen LogP contribution in [-0.2, 0) is 9.53 Å². The van der Waals surface area contributed by atoms with E-state index < -0.39 is 29.5 Å². The van der Waals surface area contributed by atoms with Crippen LogP contribution in [0.3, 0.4) is 0 Å². The van der Waals surface area contributed by atoms with Gasteiger partial charge in [-0.25, -0.2) is 9.18 Å². The predicted octanol–water partition coefficient (Wildman–Crippen LogP) is 2.15. The quantitative estimate of drug-likeness (QED) is 0.836. The molecule has 0 aromatic heterocycles. The van der Waals surface area contributed by atoms with Gasteiger partial charge in [-0.2, -0.15) is 8.78 Å². The molecule has 108 valence electrons. The van der Waals surface area contributed by atoms with E-state index in [1.807, 2.05) is 0 Å². The predicted molar refractivity (Wildman–Crippen MR) is 63.8 cm³/mol. The van der Waals surface area contributed by atoms with Crippen LogP contribution in [-0.4, -0.2) is 23.6 Å². The molecule has 1 aromatic rings. The molecular formula is C11H13ClF3NO3. The molecule has 0 radical (unpaired) electrons.